The Morgan fingerprint density at radius 1 is 1.33 bits per heavy atom. The summed E-state index contributed by atoms with van der Waals surface area (Å²) in [4.78, 5) is 0. The van der Waals surface area contributed by atoms with Crippen molar-refractivity contribution in [1.82, 2.24) is 0 Å². The first-order valence-corrected chi connectivity index (χ1v) is 5.14. The van der Waals surface area contributed by atoms with E-state index in [-0.39, 0.29) is 18.1 Å². The number of ether oxygens (including phenoxy) is 2. The number of aliphatic hydroxyl groups excluding tert-OH is 1. The molecule has 0 saturated heterocycles. The average Bonchev–Trinajstić information content (AvgIpc) is 2.19. The monoisotopic (exact) mass is 278 g/mol. The van der Waals surface area contributed by atoms with E-state index in [0.717, 1.165) is 0 Å². The van der Waals surface area contributed by atoms with Crippen molar-refractivity contribution in [2.24, 2.45) is 0 Å². The molecule has 0 radical (unpaired) electrons. The molecule has 0 aromatic heterocycles. The Hall–Kier alpha value is -0.810. The van der Waals surface area contributed by atoms with Gasteiger partial charge in [-0.3, -0.25) is 0 Å². The van der Waals surface area contributed by atoms with Gasteiger partial charge in [0.15, 0.2) is 11.5 Å². The largest absolute Gasteiger partial charge is 0.493 e. The summed E-state index contributed by atoms with van der Waals surface area (Å²) in [5.74, 6) is -0.338. The topological polar surface area (TPSA) is 38.7 Å². The predicted molar refractivity (Wildman–Crippen MR) is 58.0 cm³/mol. The summed E-state index contributed by atoms with van der Waals surface area (Å²) >= 11 is 3.19. The van der Waals surface area contributed by atoms with Crippen LogP contribution >= 0.6 is 15.9 Å². The third kappa shape index (κ3) is 2.41. The fourth-order valence-electron chi connectivity index (χ4n) is 1.35. The molecule has 0 fully saturated rings. The Morgan fingerprint density at radius 3 is 2.40 bits per heavy atom. The second-order valence-electron chi connectivity index (χ2n) is 2.87. The molecule has 0 aliphatic carbocycles. The van der Waals surface area contributed by atoms with E-state index in [4.69, 9.17) is 14.6 Å². The lowest BCUT2D eigenvalue weighted by molar-refractivity contribution is 0.294. The molecule has 0 spiro atoms. The molecular formula is C10H12BrFO3. The number of hydrogen-bond donors (Lipinski definition) is 1. The van der Waals surface area contributed by atoms with Crippen LogP contribution in [0.4, 0.5) is 4.39 Å². The lowest BCUT2D eigenvalue weighted by Gasteiger charge is -2.13. The number of methoxy groups -OCH3 is 2. The molecule has 15 heavy (non-hydrogen) atoms. The van der Waals surface area contributed by atoms with Crippen molar-refractivity contribution in [1.29, 1.82) is 0 Å². The molecule has 3 nitrogen and oxygen atoms in total. The summed E-state index contributed by atoms with van der Waals surface area (Å²) < 4.78 is 24.1. The number of halogens is 2. The standard InChI is InChI=1S/C10H12BrFO3/c1-14-9-6(3-4-13)5-7(11)10(15-2)8(9)12/h5,13H,3-4H2,1-2H3. The first-order chi connectivity index (χ1) is 7.15. The molecule has 0 heterocycles. The van der Waals surface area contributed by atoms with Crippen LogP contribution in [0.3, 0.4) is 0 Å². The SMILES string of the molecule is COc1c(Br)cc(CCO)c(OC)c1F. The van der Waals surface area contributed by atoms with Crippen molar-refractivity contribution in [3.05, 3.63) is 21.9 Å². The predicted octanol–water partition coefficient (Wildman–Crippen LogP) is 2.14. The number of aliphatic hydroxyl groups is 1. The minimum atomic E-state index is -0.558. The highest BCUT2D eigenvalue weighted by molar-refractivity contribution is 9.10. The Labute approximate surface area is 95.9 Å². The summed E-state index contributed by atoms with van der Waals surface area (Å²) in [5, 5.41) is 8.82. The molecule has 1 N–H and O–H groups in total. The summed E-state index contributed by atoms with van der Waals surface area (Å²) in [7, 11) is 2.76. The Balaban J connectivity index is 3.30. The van der Waals surface area contributed by atoms with E-state index < -0.39 is 5.82 Å². The fourth-order valence-corrected chi connectivity index (χ4v) is 1.96. The highest BCUT2D eigenvalue weighted by atomic mass is 79.9. The third-order valence-electron chi connectivity index (χ3n) is 2.00. The Morgan fingerprint density at radius 2 is 1.93 bits per heavy atom. The van der Waals surface area contributed by atoms with E-state index in [1.54, 1.807) is 6.07 Å². The van der Waals surface area contributed by atoms with Gasteiger partial charge in [-0.25, -0.2) is 0 Å². The van der Waals surface area contributed by atoms with Crippen molar-refractivity contribution >= 4 is 15.9 Å². The van der Waals surface area contributed by atoms with Crippen LogP contribution in [0.15, 0.2) is 10.5 Å². The fraction of sp³-hybridized carbons (Fsp3) is 0.400. The average molecular weight is 279 g/mol. The maximum absolute atomic E-state index is 13.8. The summed E-state index contributed by atoms with van der Waals surface area (Å²) in [6, 6.07) is 1.68. The van der Waals surface area contributed by atoms with Gasteiger partial charge >= 0.3 is 0 Å². The molecule has 0 amide bonds. The van der Waals surface area contributed by atoms with Gasteiger partial charge in [0.25, 0.3) is 0 Å². The summed E-state index contributed by atoms with van der Waals surface area (Å²) in [6.45, 7) is -0.0609. The third-order valence-corrected chi connectivity index (χ3v) is 2.59. The first-order valence-electron chi connectivity index (χ1n) is 4.35. The quantitative estimate of drug-likeness (QED) is 0.917. The van der Waals surface area contributed by atoms with Crippen LogP contribution in [0.25, 0.3) is 0 Å². The molecule has 0 aliphatic rings. The van der Waals surface area contributed by atoms with Gasteiger partial charge in [0.1, 0.15) is 0 Å². The zero-order valence-electron chi connectivity index (χ0n) is 8.51. The van der Waals surface area contributed by atoms with Gasteiger partial charge in [-0.1, -0.05) is 0 Å². The first kappa shape index (κ1) is 12.3. The lowest BCUT2D eigenvalue weighted by atomic mass is 10.1. The minimum absolute atomic E-state index is 0.0609. The highest BCUT2D eigenvalue weighted by Crippen LogP contribution is 2.37. The van der Waals surface area contributed by atoms with Crippen LogP contribution in [0.5, 0.6) is 11.5 Å². The van der Waals surface area contributed by atoms with Crippen molar-refractivity contribution < 1.29 is 19.0 Å². The maximum atomic E-state index is 13.8. The lowest BCUT2D eigenvalue weighted by Crippen LogP contribution is -2.01. The van der Waals surface area contributed by atoms with Crippen LogP contribution in [-0.2, 0) is 6.42 Å². The van der Waals surface area contributed by atoms with Crippen molar-refractivity contribution in [2.75, 3.05) is 20.8 Å². The zero-order valence-corrected chi connectivity index (χ0v) is 10.1. The Kier molecular flexibility index (Phi) is 4.35. The van der Waals surface area contributed by atoms with Crippen molar-refractivity contribution in [3.63, 3.8) is 0 Å². The summed E-state index contributed by atoms with van der Waals surface area (Å²) in [6.07, 6.45) is 0.336. The van der Waals surface area contributed by atoms with Crippen molar-refractivity contribution in [2.45, 2.75) is 6.42 Å². The number of hydrogen-bond acceptors (Lipinski definition) is 3. The molecule has 0 bridgehead atoms. The smallest absolute Gasteiger partial charge is 0.208 e. The molecule has 0 unspecified atom stereocenters. The Bertz CT molecular complexity index is 355. The molecular weight excluding hydrogens is 267 g/mol. The van der Waals surface area contributed by atoms with Crippen LogP contribution in [0, 0.1) is 5.82 Å². The molecule has 1 aromatic rings. The van der Waals surface area contributed by atoms with Gasteiger partial charge in [0.05, 0.1) is 18.7 Å². The van der Waals surface area contributed by atoms with Gasteiger partial charge in [0.2, 0.25) is 5.82 Å². The normalized spacial score (nSPS) is 10.2. The van der Waals surface area contributed by atoms with Gasteiger partial charge in [-0.05, 0) is 28.4 Å². The van der Waals surface area contributed by atoms with Gasteiger partial charge in [0, 0.05) is 12.2 Å². The van der Waals surface area contributed by atoms with E-state index in [9.17, 15) is 4.39 Å². The molecule has 0 aliphatic heterocycles. The molecule has 5 heteroatoms. The van der Waals surface area contributed by atoms with Crippen LogP contribution in [-0.4, -0.2) is 25.9 Å². The second kappa shape index (κ2) is 5.32. The van der Waals surface area contributed by atoms with E-state index in [1.807, 2.05) is 0 Å². The highest BCUT2D eigenvalue weighted by Gasteiger charge is 2.18. The second-order valence-corrected chi connectivity index (χ2v) is 3.73. The van der Waals surface area contributed by atoms with Gasteiger partial charge < -0.3 is 14.6 Å². The maximum Gasteiger partial charge on any atom is 0.208 e. The van der Waals surface area contributed by atoms with E-state index in [2.05, 4.69) is 15.9 Å². The molecule has 0 saturated carbocycles. The van der Waals surface area contributed by atoms with Crippen LogP contribution < -0.4 is 9.47 Å². The van der Waals surface area contributed by atoms with Crippen LogP contribution in [0.1, 0.15) is 5.56 Å². The van der Waals surface area contributed by atoms with Gasteiger partial charge in [-0.15, -0.1) is 0 Å². The van der Waals surface area contributed by atoms with E-state index >= 15 is 0 Å². The van der Waals surface area contributed by atoms with Crippen molar-refractivity contribution in [3.8, 4) is 11.5 Å². The molecule has 0 atom stereocenters. The molecule has 84 valence electrons. The van der Waals surface area contributed by atoms with Crippen LogP contribution in [0.2, 0.25) is 0 Å². The number of benzene rings is 1. The minimum Gasteiger partial charge on any atom is -0.493 e. The molecule has 1 aromatic carbocycles. The zero-order chi connectivity index (χ0) is 11.4. The summed E-state index contributed by atoms with van der Waals surface area (Å²) in [5.41, 5.74) is 0.602. The molecule has 1 rings (SSSR count). The van der Waals surface area contributed by atoms with E-state index in [1.165, 1.54) is 14.2 Å². The van der Waals surface area contributed by atoms with Gasteiger partial charge in [-0.2, -0.15) is 4.39 Å². The number of rotatable bonds is 4. The van der Waals surface area contributed by atoms with E-state index in [0.29, 0.717) is 16.5 Å².